The molecule has 0 unspecified atom stereocenters. The first-order chi connectivity index (χ1) is 18.1. The fourth-order valence-electron chi connectivity index (χ4n) is 6.09. The number of pyridine rings is 1. The summed E-state index contributed by atoms with van der Waals surface area (Å²) >= 11 is 0. The van der Waals surface area contributed by atoms with E-state index >= 15 is 0 Å². The molecule has 3 heterocycles. The summed E-state index contributed by atoms with van der Waals surface area (Å²) in [6.07, 6.45) is 7.96. The zero-order chi connectivity index (χ0) is 25.9. The van der Waals surface area contributed by atoms with Gasteiger partial charge in [0.25, 0.3) is 5.56 Å². The number of hydrogen-bond donors (Lipinski definition) is 0. The van der Waals surface area contributed by atoms with Gasteiger partial charge in [-0.1, -0.05) is 50.2 Å². The van der Waals surface area contributed by atoms with Crippen molar-refractivity contribution in [1.82, 2.24) is 14.5 Å². The second kappa shape index (κ2) is 10.8. The highest BCUT2D eigenvalue weighted by Gasteiger charge is 2.30. The average Bonchev–Trinajstić information content (AvgIpc) is 2.94. The highest BCUT2D eigenvalue weighted by atomic mass is 19.1. The van der Waals surface area contributed by atoms with Crippen molar-refractivity contribution in [2.75, 3.05) is 18.0 Å². The predicted molar refractivity (Wildman–Crippen MR) is 148 cm³/mol. The number of para-hydroxylation sites is 1. The second-order valence-corrected chi connectivity index (χ2v) is 9.81. The van der Waals surface area contributed by atoms with Crippen molar-refractivity contribution in [3.63, 3.8) is 0 Å². The predicted octanol–water partition coefficient (Wildman–Crippen LogP) is 6.57. The first kappa shape index (κ1) is 25.1. The Kier molecular flexibility index (Phi) is 7.36. The Morgan fingerprint density at radius 1 is 0.919 bits per heavy atom. The minimum atomic E-state index is -0.178. The molecule has 5 nitrogen and oxygen atoms in total. The minimum Gasteiger partial charge on any atom is -0.369 e. The molecule has 0 N–H and O–H groups in total. The lowest BCUT2D eigenvalue weighted by Gasteiger charge is -2.35. The SMILES string of the molecule is CC.Cc1cccc(F)c1N1CCC(c2cc3nccnc3n([C@H]3CCCc4ccccc43)c2=O)CC1. The van der Waals surface area contributed by atoms with Crippen LogP contribution < -0.4 is 10.5 Å². The molecule has 0 saturated carbocycles. The maximum atomic E-state index is 14.6. The summed E-state index contributed by atoms with van der Waals surface area (Å²) in [5.74, 6) is -0.0648. The van der Waals surface area contributed by atoms with E-state index in [4.69, 9.17) is 0 Å². The number of benzene rings is 2. The van der Waals surface area contributed by atoms with Crippen molar-refractivity contribution in [2.24, 2.45) is 0 Å². The highest BCUT2D eigenvalue weighted by Crippen LogP contribution is 2.36. The Bertz CT molecular complexity index is 1440. The largest absolute Gasteiger partial charge is 0.369 e. The maximum Gasteiger partial charge on any atom is 0.256 e. The van der Waals surface area contributed by atoms with Crippen LogP contribution in [0.2, 0.25) is 0 Å². The quantitative estimate of drug-likeness (QED) is 0.320. The van der Waals surface area contributed by atoms with Crippen LogP contribution in [0.15, 0.2) is 65.7 Å². The van der Waals surface area contributed by atoms with Gasteiger partial charge in [0, 0.05) is 31.0 Å². The fourth-order valence-corrected chi connectivity index (χ4v) is 6.09. The van der Waals surface area contributed by atoms with Gasteiger partial charge in [-0.15, -0.1) is 0 Å². The van der Waals surface area contributed by atoms with Crippen molar-refractivity contribution < 1.29 is 4.39 Å². The Morgan fingerprint density at radius 2 is 1.68 bits per heavy atom. The molecular weight excluding hydrogens is 463 g/mol. The van der Waals surface area contributed by atoms with Crippen molar-refractivity contribution in [3.8, 4) is 0 Å². The number of piperidine rings is 1. The number of halogens is 1. The third-order valence-corrected chi connectivity index (χ3v) is 7.78. The van der Waals surface area contributed by atoms with E-state index in [0.717, 1.165) is 61.8 Å². The van der Waals surface area contributed by atoms with Crippen LogP contribution in [0.4, 0.5) is 10.1 Å². The summed E-state index contributed by atoms with van der Waals surface area (Å²) in [6.45, 7) is 7.39. The van der Waals surface area contributed by atoms with E-state index in [1.165, 1.54) is 17.2 Å². The van der Waals surface area contributed by atoms with E-state index in [1.807, 2.05) is 37.5 Å². The van der Waals surface area contributed by atoms with Crippen molar-refractivity contribution in [3.05, 3.63) is 99.3 Å². The Hall–Kier alpha value is -3.54. The van der Waals surface area contributed by atoms with Gasteiger partial charge in [0.05, 0.1) is 11.7 Å². The normalized spacial score (nSPS) is 17.7. The highest BCUT2D eigenvalue weighted by molar-refractivity contribution is 5.71. The molecule has 0 bridgehead atoms. The lowest BCUT2D eigenvalue weighted by Crippen LogP contribution is -2.37. The summed E-state index contributed by atoms with van der Waals surface area (Å²) in [4.78, 5) is 25.4. The molecular formula is C31H35FN4O. The molecule has 0 spiro atoms. The third kappa shape index (κ3) is 4.65. The Labute approximate surface area is 218 Å². The molecule has 192 valence electrons. The molecule has 1 aliphatic carbocycles. The van der Waals surface area contributed by atoms with Crippen LogP contribution in [0, 0.1) is 12.7 Å². The first-order valence-corrected chi connectivity index (χ1v) is 13.6. The number of nitrogens with zero attached hydrogens (tertiary/aromatic N) is 4. The molecule has 37 heavy (non-hydrogen) atoms. The molecule has 4 aromatic rings. The molecule has 6 rings (SSSR count). The summed E-state index contributed by atoms with van der Waals surface area (Å²) < 4.78 is 16.5. The van der Waals surface area contributed by atoms with Gasteiger partial charge in [0.15, 0.2) is 5.65 Å². The first-order valence-electron chi connectivity index (χ1n) is 13.6. The summed E-state index contributed by atoms with van der Waals surface area (Å²) in [5, 5.41) is 0. The van der Waals surface area contributed by atoms with Crippen LogP contribution in [0.5, 0.6) is 0 Å². The van der Waals surface area contributed by atoms with Gasteiger partial charge in [-0.05, 0) is 73.8 Å². The number of rotatable bonds is 3. The van der Waals surface area contributed by atoms with E-state index in [0.29, 0.717) is 11.3 Å². The van der Waals surface area contributed by atoms with Crippen LogP contribution in [0.25, 0.3) is 11.2 Å². The van der Waals surface area contributed by atoms with Gasteiger partial charge >= 0.3 is 0 Å². The number of hydrogen-bond acceptors (Lipinski definition) is 4. The third-order valence-electron chi connectivity index (χ3n) is 7.78. The average molecular weight is 499 g/mol. The van der Waals surface area contributed by atoms with Gasteiger partial charge in [-0.3, -0.25) is 14.3 Å². The van der Waals surface area contributed by atoms with Gasteiger partial charge in [0.2, 0.25) is 0 Å². The smallest absolute Gasteiger partial charge is 0.256 e. The summed E-state index contributed by atoms with van der Waals surface area (Å²) in [5.41, 5.74) is 6.43. The molecule has 1 fully saturated rings. The maximum absolute atomic E-state index is 14.6. The standard InChI is InChI=1S/C29H29FN4O.C2H6/c1-19-6-4-10-24(30)27(19)33-16-12-21(13-17-33)23-18-25-28(32-15-14-31-25)34(29(23)35)26-11-5-8-20-7-2-3-9-22(20)26;1-2/h2-4,6-7,9-10,14-15,18,21,26H,5,8,11-13,16-17H2,1H3;1-2H3/t26-;/m0./s1. The second-order valence-electron chi connectivity index (χ2n) is 9.81. The number of fused-ring (bicyclic) bond motifs is 2. The molecule has 0 amide bonds. The minimum absolute atomic E-state index is 0.0345. The van der Waals surface area contributed by atoms with E-state index in [9.17, 15) is 9.18 Å². The van der Waals surface area contributed by atoms with Crippen LogP contribution in [0.3, 0.4) is 0 Å². The van der Waals surface area contributed by atoms with Gasteiger partial charge in [0.1, 0.15) is 11.3 Å². The Balaban J connectivity index is 0.00000137. The zero-order valence-electron chi connectivity index (χ0n) is 22.0. The molecule has 2 aliphatic rings. The molecule has 0 radical (unpaired) electrons. The van der Waals surface area contributed by atoms with Crippen LogP contribution in [-0.4, -0.2) is 27.6 Å². The zero-order valence-corrected chi connectivity index (χ0v) is 22.0. The summed E-state index contributed by atoms with van der Waals surface area (Å²) in [6, 6.07) is 15.6. The molecule has 1 atom stereocenters. The van der Waals surface area contributed by atoms with Crippen molar-refractivity contribution in [1.29, 1.82) is 0 Å². The topological polar surface area (TPSA) is 51.0 Å². The number of anilines is 1. The number of aromatic nitrogens is 3. The number of aryl methyl sites for hydroxylation is 2. The molecule has 6 heteroatoms. The van der Waals surface area contributed by atoms with Crippen LogP contribution in [0.1, 0.15) is 73.7 Å². The van der Waals surface area contributed by atoms with E-state index in [-0.39, 0.29) is 23.3 Å². The van der Waals surface area contributed by atoms with Crippen LogP contribution >= 0.6 is 0 Å². The Morgan fingerprint density at radius 3 is 2.46 bits per heavy atom. The molecule has 1 saturated heterocycles. The lowest BCUT2D eigenvalue weighted by molar-refractivity contribution is 0.466. The van der Waals surface area contributed by atoms with E-state index in [1.54, 1.807) is 18.5 Å². The van der Waals surface area contributed by atoms with Crippen LogP contribution in [-0.2, 0) is 6.42 Å². The molecule has 1 aliphatic heterocycles. The van der Waals surface area contributed by atoms with Gasteiger partial charge in [-0.25, -0.2) is 9.37 Å². The summed E-state index contributed by atoms with van der Waals surface area (Å²) in [7, 11) is 0. The van der Waals surface area contributed by atoms with Gasteiger partial charge < -0.3 is 4.90 Å². The van der Waals surface area contributed by atoms with Crippen molar-refractivity contribution >= 4 is 16.9 Å². The van der Waals surface area contributed by atoms with Crippen molar-refractivity contribution in [2.45, 2.75) is 64.8 Å². The van der Waals surface area contributed by atoms with Gasteiger partial charge in [-0.2, -0.15) is 0 Å². The molecule has 2 aromatic heterocycles. The molecule has 2 aromatic carbocycles. The fraction of sp³-hybridized carbons (Fsp3) is 0.387. The van der Waals surface area contributed by atoms with E-state index < -0.39 is 0 Å². The lowest BCUT2D eigenvalue weighted by atomic mass is 9.86. The van der Waals surface area contributed by atoms with E-state index in [2.05, 4.69) is 39.1 Å². The monoisotopic (exact) mass is 498 g/mol.